The molecule has 0 N–H and O–H groups in total. The summed E-state index contributed by atoms with van der Waals surface area (Å²) < 4.78 is 0. The first-order valence-electron chi connectivity index (χ1n) is 3.97. The second-order valence-electron chi connectivity index (χ2n) is 2.55. The van der Waals surface area contributed by atoms with E-state index in [0.717, 1.165) is 12.4 Å². The minimum Gasteiger partial charge on any atom is -0.360 e. The highest BCUT2D eigenvalue weighted by Gasteiger charge is 2.04. The maximum atomic E-state index is 5.84. The van der Waals surface area contributed by atoms with Gasteiger partial charge in [-0.15, -0.1) is 0 Å². The molecule has 1 aromatic heterocycles. The van der Waals surface area contributed by atoms with Gasteiger partial charge in [-0.3, -0.25) is 0 Å². The second-order valence-corrected chi connectivity index (χ2v) is 3.71. The van der Waals surface area contributed by atoms with Gasteiger partial charge in [-0.25, -0.2) is 9.97 Å². The Bertz CT molecular complexity index is 293. The van der Waals surface area contributed by atoms with E-state index in [1.807, 2.05) is 18.2 Å². The summed E-state index contributed by atoms with van der Waals surface area (Å²) in [7, 11) is 1.97. The van der Waals surface area contributed by atoms with Crippen LogP contribution in [-0.2, 0) is 0 Å². The molecule has 0 unspecified atom stereocenters. The number of aromatic nitrogens is 2. The third kappa shape index (κ3) is 2.74. The summed E-state index contributed by atoms with van der Waals surface area (Å²) >= 11 is 7.33. The number of rotatable bonds is 3. The fourth-order valence-corrected chi connectivity index (χ4v) is 1.44. The molecule has 0 aliphatic rings. The predicted octanol–water partition coefficient (Wildman–Crippen LogP) is 2.31. The summed E-state index contributed by atoms with van der Waals surface area (Å²) in [4.78, 5) is 10.4. The number of thioether (sulfide) groups is 1. The maximum Gasteiger partial charge on any atom is 0.190 e. The zero-order chi connectivity index (χ0) is 9.84. The predicted molar refractivity (Wildman–Crippen MR) is 57.8 cm³/mol. The van der Waals surface area contributed by atoms with Crippen LogP contribution in [0.5, 0.6) is 0 Å². The molecule has 0 atom stereocenters. The van der Waals surface area contributed by atoms with Gasteiger partial charge >= 0.3 is 0 Å². The molecular weight excluding hydrogens is 206 g/mol. The van der Waals surface area contributed by atoms with Crippen molar-refractivity contribution in [3.05, 3.63) is 11.2 Å². The van der Waals surface area contributed by atoms with Gasteiger partial charge in [0.15, 0.2) is 5.16 Å². The average molecular weight is 218 g/mol. The van der Waals surface area contributed by atoms with E-state index in [2.05, 4.69) is 16.9 Å². The summed E-state index contributed by atoms with van der Waals surface area (Å²) in [5.41, 5.74) is 0. The highest BCUT2D eigenvalue weighted by atomic mass is 35.5. The van der Waals surface area contributed by atoms with Crippen molar-refractivity contribution in [3.63, 3.8) is 0 Å². The Balaban J connectivity index is 3.01. The van der Waals surface area contributed by atoms with Gasteiger partial charge in [-0.2, -0.15) is 0 Å². The van der Waals surface area contributed by atoms with E-state index in [0.29, 0.717) is 10.3 Å². The smallest absolute Gasteiger partial charge is 0.190 e. The Morgan fingerprint density at radius 2 is 2.23 bits per heavy atom. The summed E-state index contributed by atoms with van der Waals surface area (Å²) in [6, 6.07) is 1.77. The van der Waals surface area contributed by atoms with Crippen LogP contribution in [0, 0.1) is 0 Å². The van der Waals surface area contributed by atoms with E-state index in [1.165, 1.54) is 11.8 Å². The topological polar surface area (TPSA) is 29.0 Å². The van der Waals surface area contributed by atoms with Crippen molar-refractivity contribution in [2.45, 2.75) is 12.1 Å². The number of halogens is 1. The van der Waals surface area contributed by atoms with Gasteiger partial charge in [0.2, 0.25) is 0 Å². The number of hydrogen-bond donors (Lipinski definition) is 0. The highest BCUT2D eigenvalue weighted by Crippen LogP contribution is 2.19. The molecule has 0 bridgehead atoms. The maximum absolute atomic E-state index is 5.84. The van der Waals surface area contributed by atoms with E-state index in [9.17, 15) is 0 Å². The minimum atomic E-state index is 0.495. The molecule has 0 spiro atoms. The molecule has 0 radical (unpaired) electrons. The molecular formula is C8H12ClN3S. The van der Waals surface area contributed by atoms with E-state index in [1.54, 1.807) is 6.07 Å². The first-order chi connectivity index (χ1) is 6.17. The molecule has 0 amide bonds. The third-order valence-electron chi connectivity index (χ3n) is 1.71. The largest absolute Gasteiger partial charge is 0.360 e. The van der Waals surface area contributed by atoms with Crippen molar-refractivity contribution < 1.29 is 0 Å². The normalized spacial score (nSPS) is 10.2. The van der Waals surface area contributed by atoms with Crippen LogP contribution in [0.15, 0.2) is 11.2 Å². The lowest BCUT2D eigenvalue weighted by Gasteiger charge is -2.15. The van der Waals surface area contributed by atoms with Gasteiger partial charge < -0.3 is 4.90 Å². The molecule has 0 aliphatic heterocycles. The van der Waals surface area contributed by atoms with E-state index < -0.39 is 0 Å². The monoisotopic (exact) mass is 217 g/mol. The van der Waals surface area contributed by atoms with Crippen molar-refractivity contribution in [2.24, 2.45) is 0 Å². The summed E-state index contributed by atoms with van der Waals surface area (Å²) in [6.07, 6.45) is 1.93. The number of anilines is 1. The summed E-state index contributed by atoms with van der Waals surface area (Å²) in [5, 5.41) is 1.21. The lowest BCUT2D eigenvalue weighted by Crippen LogP contribution is -2.17. The first kappa shape index (κ1) is 10.6. The van der Waals surface area contributed by atoms with Crippen molar-refractivity contribution in [2.75, 3.05) is 24.7 Å². The molecule has 72 valence electrons. The van der Waals surface area contributed by atoms with Gasteiger partial charge in [0.1, 0.15) is 11.0 Å². The van der Waals surface area contributed by atoms with E-state index in [-0.39, 0.29) is 0 Å². The van der Waals surface area contributed by atoms with E-state index >= 15 is 0 Å². The zero-order valence-electron chi connectivity index (χ0n) is 7.91. The molecule has 5 heteroatoms. The molecule has 0 saturated heterocycles. The lowest BCUT2D eigenvalue weighted by molar-refractivity contribution is 0.882. The summed E-state index contributed by atoms with van der Waals surface area (Å²) in [6.45, 7) is 2.97. The SMILES string of the molecule is CCN(C)c1cc(Cl)nc(SC)n1. The Morgan fingerprint density at radius 3 is 2.77 bits per heavy atom. The fourth-order valence-electron chi connectivity index (χ4n) is 0.834. The lowest BCUT2D eigenvalue weighted by atomic mass is 10.5. The minimum absolute atomic E-state index is 0.495. The fraction of sp³-hybridized carbons (Fsp3) is 0.500. The van der Waals surface area contributed by atoms with Crippen molar-refractivity contribution in [3.8, 4) is 0 Å². The van der Waals surface area contributed by atoms with Gasteiger partial charge in [0, 0.05) is 19.7 Å². The van der Waals surface area contributed by atoms with Gasteiger partial charge in [-0.05, 0) is 13.2 Å². The van der Waals surface area contributed by atoms with Crippen LogP contribution in [0.2, 0.25) is 5.15 Å². The van der Waals surface area contributed by atoms with Crippen LogP contribution in [0.3, 0.4) is 0 Å². The van der Waals surface area contributed by atoms with Crippen molar-refractivity contribution in [1.82, 2.24) is 9.97 Å². The quantitative estimate of drug-likeness (QED) is 0.442. The molecule has 0 aromatic carbocycles. The molecule has 0 fully saturated rings. The van der Waals surface area contributed by atoms with Crippen LogP contribution in [0.1, 0.15) is 6.92 Å². The van der Waals surface area contributed by atoms with Crippen LogP contribution in [0.25, 0.3) is 0 Å². The molecule has 1 rings (SSSR count). The average Bonchev–Trinajstić information content (AvgIpc) is 2.15. The van der Waals surface area contributed by atoms with Gasteiger partial charge in [0.25, 0.3) is 0 Å². The molecule has 3 nitrogen and oxygen atoms in total. The Labute approximate surface area is 87.5 Å². The van der Waals surface area contributed by atoms with Gasteiger partial charge in [-0.1, -0.05) is 23.4 Å². The molecule has 0 saturated carbocycles. The van der Waals surface area contributed by atoms with Crippen LogP contribution >= 0.6 is 23.4 Å². The zero-order valence-corrected chi connectivity index (χ0v) is 9.48. The second kappa shape index (κ2) is 4.67. The van der Waals surface area contributed by atoms with Gasteiger partial charge in [0.05, 0.1) is 0 Å². The Hall–Kier alpha value is -0.480. The van der Waals surface area contributed by atoms with Crippen LogP contribution < -0.4 is 4.90 Å². The first-order valence-corrected chi connectivity index (χ1v) is 5.57. The summed E-state index contributed by atoms with van der Waals surface area (Å²) in [5.74, 6) is 0.867. The van der Waals surface area contributed by atoms with Crippen molar-refractivity contribution >= 4 is 29.2 Å². The Kier molecular flexibility index (Phi) is 3.81. The third-order valence-corrected chi connectivity index (χ3v) is 2.45. The van der Waals surface area contributed by atoms with Crippen LogP contribution in [0.4, 0.5) is 5.82 Å². The number of nitrogens with zero attached hydrogens (tertiary/aromatic N) is 3. The Morgan fingerprint density at radius 1 is 1.54 bits per heavy atom. The molecule has 13 heavy (non-hydrogen) atoms. The van der Waals surface area contributed by atoms with E-state index in [4.69, 9.17) is 11.6 Å². The van der Waals surface area contributed by atoms with Crippen LogP contribution in [-0.4, -0.2) is 29.8 Å². The number of hydrogen-bond acceptors (Lipinski definition) is 4. The molecule has 1 aromatic rings. The molecule has 1 heterocycles. The highest BCUT2D eigenvalue weighted by molar-refractivity contribution is 7.98. The standard InChI is InChI=1S/C8H12ClN3S/c1-4-12(2)7-5-6(9)10-8(11-7)13-3/h5H,4H2,1-3H3. The molecule has 0 aliphatic carbocycles. The van der Waals surface area contributed by atoms with Crippen molar-refractivity contribution in [1.29, 1.82) is 0 Å².